The van der Waals surface area contributed by atoms with Crippen LogP contribution in [0, 0.1) is 5.92 Å². The standard InChI is InChI=1S/C20H26N4OS/c1-12(25)23-20(26)21-7-6-13-8-16-15-4-3-5-17-19(15)14(10-22-17)9-18(16)24(2)11-13/h3-5,10,13,16,18,22H,6-9,11H2,1-2H3,(H2,21,23,25,26)/t13-,16-,18-/m1/s1. The van der Waals surface area contributed by atoms with Gasteiger partial charge in [0.15, 0.2) is 5.11 Å². The molecule has 2 aliphatic rings. The minimum absolute atomic E-state index is 0.125. The molecule has 0 spiro atoms. The van der Waals surface area contributed by atoms with E-state index in [0.29, 0.717) is 23.0 Å². The molecule has 26 heavy (non-hydrogen) atoms. The van der Waals surface area contributed by atoms with Crippen LogP contribution in [0.25, 0.3) is 10.9 Å². The molecule has 2 heterocycles. The summed E-state index contributed by atoms with van der Waals surface area (Å²) >= 11 is 5.13. The van der Waals surface area contributed by atoms with Crippen LogP contribution in [0.2, 0.25) is 0 Å². The zero-order valence-corrected chi connectivity index (χ0v) is 16.2. The minimum Gasteiger partial charge on any atom is -0.362 e. The first kappa shape index (κ1) is 17.5. The number of piperidine rings is 1. The predicted molar refractivity (Wildman–Crippen MR) is 108 cm³/mol. The van der Waals surface area contributed by atoms with Crippen LogP contribution in [0.15, 0.2) is 24.4 Å². The number of aromatic nitrogens is 1. The summed E-state index contributed by atoms with van der Waals surface area (Å²) in [5.41, 5.74) is 4.24. The molecule has 1 saturated heterocycles. The van der Waals surface area contributed by atoms with E-state index in [1.165, 1.54) is 35.4 Å². The smallest absolute Gasteiger partial charge is 0.222 e. The van der Waals surface area contributed by atoms with Crippen molar-refractivity contribution >= 4 is 34.1 Å². The first-order valence-electron chi connectivity index (χ1n) is 9.37. The lowest BCUT2D eigenvalue weighted by Gasteiger charge is -2.45. The molecule has 3 N–H and O–H groups in total. The van der Waals surface area contributed by atoms with Gasteiger partial charge in [-0.2, -0.15) is 0 Å². The fraction of sp³-hybridized carbons (Fsp3) is 0.500. The quantitative estimate of drug-likeness (QED) is 0.727. The van der Waals surface area contributed by atoms with Crippen molar-refractivity contribution in [3.63, 3.8) is 0 Å². The Morgan fingerprint density at radius 1 is 1.42 bits per heavy atom. The average Bonchev–Trinajstić information content (AvgIpc) is 3.00. The first-order chi connectivity index (χ1) is 12.5. The Morgan fingerprint density at radius 3 is 3.08 bits per heavy atom. The number of carbonyl (C=O) groups excluding carboxylic acids is 1. The van der Waals surface area contributed by atoms with Gasteiger partial charge >= 0.3 is 0 Å². The maximum Gasteiger partial charge on any atom is 0.222 e. The second-order valence-corrected chi connectivity index (χ2v) is 8.14. The fourth-order valence-corrected chi connectivity index (χ4v) is 5.10. The highest BCUT2D eigenvalue weighted by molar-refractivity contribution is 7.80. The summed E-state index contributed by atoms with van der Waals surface area (Å²) in [6, 6.07) is 7.27. The molecule has 1 aliphatic carbocycles. The number of H-pyrrole nitrogens is 1. The number of hydrogen-bond donors (Lipinski definition) is 3. The molecule has 138 valence electrons. The minimum atomic E-state index is -0.125. The third kappa shape index (κ3) is 3.23. The van der Waals surface area contributed by atoms with Crippen molar-refractivity contribution in [2.24, 2.45) is 5.92 Å². The maximum atomic E-state index is 11.0. The van der Waals surface area contributed by atoms with E-state index in [1.54, 1.807) is 0 Å². The number of fused-ring (bicyclic) bond motifs is 2. The third-order valence-electron chi connectivity index (χ3n) is 5.94. The highest BCUT2D eigenvalue weighted by Crippen LogP contribution is 2.44. The number of thiocarbonyl (C=S) groups is 1. The normalized spacial score (nSPS) is 24.9. The zero-order valence-electron chi connectivity index (χ0n) is 15.3. The monoisotopic (exact) mass is 370 g/mol. The Morgan fingerprint density at radius 2 is 2.27 bits per heavy atom. The van der Waals surface area contributed by atoms with E-state index in [1.807, 2.05) is 0 Å². The molecule has 0 unspecified atom stereocenters. The summed E-state index contributed by atoms with van der Waals surface area (Å²) in [6.07, 6.45) is 5.60. The molecule has 1 aromatic heterocycles. The van der Waals surface area contributed by atoms with Crippen LogP contribution < -0.4 is 10.6 Å². The molecule has 1 fully saturated rings. The summed E-state index contributed by atoms with van der Waals surface area (Å²) in [5.74, 6) is 1.10. The van der Waals surface area contributed by atoms with Crippen molar-refractivity contribution in [2.45, 2.75) is 38.1 Å². The molecule has 1 aromatic carbocycles. The lowest BCUT2D eigenvalue weighted by molar-refractivity contribution is -0.117. The van der Waals surface area contributed by atoms with Gasteiger partial charge in [0, 0.05) is 49.1 Å². The highest BCUT2D eigenvalue weighted by Gasteiger charge is 2.39. The highest BCUT2D eigenvalue weighted by atomic mass is 32.1. The number of nitrogens with zero attached hydrogens (tertiary/aromatic N) is 1. The van der Waals surface area contributed by atoms with Gasteiger partial charge in [0.1, 0.15) is 0 Å². The van der Waals surface area contributed by atoms with Crippen molar-refractivity contribution in [1.82, 2.24) is 20.5 Å². The average molecular weight is 371 g/mol. The molecule has 5 nitrogen and oxygen atoms in total. The van der Waals surface area contributed by atoms with Crippen LogP contribution in [-0.2, 0) is 11.2 Å². The fourth-order valence-electron chi connectivity index (χ4n) is 4.86. The lowest BCUT2D eigenvalue weighted by atomic mass is 9.72. The Balaban J connectivity index is 1.45. The van der Waals surface area contributed by atoms with Crippen molar-refractivity contribution < 1.29 is 4.79 Å². The number of nitrogens with one attached hydrogen (secondary N) is 3. The van der Waals surface area contributed by atoms with Crippen molar-refractivity contribution in [1.29, 1.82) is 0 Å². The Labute approximate surface area is 159 Å². The first-order valence-corrected chi connectivity index (χ1v) is 9.78. The Bertz CT molecular complexity index is 845. The van der Waals surface area contributed by atoms with Gasteiger partial charge in [-0.15, -0.1) is 0 Å². The van der Waals surface area contributed by atoms with Crippen molar-refractivity contribution in [3.05, 3.63) is 35.5 Å². The molecule has 3 atom stereocenters. The topological polar surface area (TPSA) is 60.2 Å². The third-order valence-corrected chi connectivity index (χ3v) is 6.19. The summed E-state index contributed by atoms with van der Waals surface area (Å²) < 4.78 is 0. The van der Waals surface area contributed by atoms with E-state index in [4.69, 9.17) is 12.2 Å². The number of benzene rings is 1. The summed E-state index contributed by atoms with van der Waals surface area (Å²) in [5, 5.41) is 7.66. The molecular formula is C20H26N4OS. The summed E-state index contributed by atoms with van der Waals surface area (Å²) in [4.78, 5) is 17.0. The number of likely N-dealkylation sites (N-methyl/N-ethyl adjacent to an activating group) is 1. The molecule has 1 aliphatic heterocycles. The lowest BCUT2D eigenvalue weighted by Crippen LogP contribution is -2.48. The van der Waals surface area contributed by atoms with Crippen molar-refractivity contribution in [3.8, 4) is 0 Å². The van der Waals surface area contributed by atoms with E-state index in [9.17, 15) is 4.79 Å². The van der Waals surface area contributed by atoms with Gasteiger partial charge in [-0.1, -0.05) is 12.1 Å². The largest absolute Gasteiger partial charge is 0.362 e. The van der Waals surface area contributed by atoms with Crippen LogP contribution in [0.1, 0.15) is 36.8 Å². The molecule has 4 rings (SSSR count). The van der Waals surface area contributed by atoms with Crippen LogP contribution in [0.5, 0.6) is 0 Å². The SMILES string of the molecule is CC(=O)NC(=S)NCC[C@@H]1C[C@@H]2c3cccc4[nH]cc(c34)C[C@H]2N(C)C1. The molecule has 0 saturated carbocycles. The second kappa shape index (κ2) is 7.00. The van der Waals surface area contributed by atoms with Crippen LogP contribution in [0.4, 0.5) is 0 Å². The molecular weight excluding hydrogens is 344 g/mol. The number of aromatic amines is 1. The van der Waals surface area contributed by atoms with Gasteiger partial charge in [0.05, 0.1) is 0 Å². The van der Waals surface area contributed by atoms with Gasteiger partial charge in [0.25, 0.3) is 0 Å². The van der Waals surface area contributed by atoms with E-state index < -0.39 is 0 Å². The molecule has 0 bridgehead atoms. The Kier molecular flexibility index (Phi) is 4.71. The molecule has 0 radical (unpaired) electrons. The van der Waals surface area contributed by atoms with E-state index in [-0.39, 0.29) is 5.91 Å². The summed E-state index contributed by atoms with van der Waals surface area (Å²) in [7, 11) is 2.26. The van der Waals surface area contributed by atoms with Crippen molar-refractivity contribution in [2.75, 3.05) is 20.1 Å². The predicted octanol–water partition coefficient (Wildman–Crippen LogP) is 2.53. The van der Waals surface area contributed by atoms with Gasteiger partial charge in [0.2, 0.25) is 5.91 Å². The van der Waals surface area contributed by atoms with Gasteiger partial charge in [-0.05, 0) is 61.6 Å². The summed E-state index contributed by atoms with van der Waals surface area (Å²) in [6.45, 7) is 3.39. The number of rotatable bonds is 3. The second-order valence-electron chi connectivity index (χ2n) is 7.73. The van der Waals surface area contributed by atoms with Crippen LogP contribution >= 0.6 is 12.2 Å². The molecule has 1 amide bonds. The molecule has 6 heteroatoms. The number of hydrogen-bond acceptors (Lipinski definition) is 3. The zero-order chi connectivity index (χ0) is 18.3. The van der Waals surface area contributed by atoms with Gasteiger partial charge < -0.3 is 20.5 Å². The van der Waals surface area contributed by atoms with E-state index in [2.05, 4.69) is 52.0 Å². The van der Waals surface area contributed by atoms with Gasteiger partial charge in [-0.3, -0.25) is 4.79 Å². The van der Waals surface area contributed by atoms with E-state index in [0.717, 1.165) is 25.9 Å². The number of amides is 1. The van der Waals surface area contributed by atoms with Crippen LogP contribution in [0.3, 0.4) is 0 Å². The van der Waals surface area contributed by atoms with Gasteiger partial charge in [-0.25, -0.2) is 0 Å². The van der Waals surface area contributed by atoms with E-state index >= 15 is 0 Å². The van der Waals surface area contributed by atoms with Crippen LogP contribution in [-0.4, -0.2) is 47.1 Å². The molecule has 2 aromatic rings. The Hall–Kier alpha value is -1.92. The number of carbonyl (C=O) groups is 1. The number of likely N-dealkylation sites (tertiary alicyclic amines) is 1. The maximum absolute atomic E-state index is 11.0.